The van der Waals surface area contributed by atoms with Crippen LogP contribution in [0.25, 0.3) is 66.1 Å². The molecule has 0 unspecified atom stereocenters. The maximum absolute atomic E-state index is 7.30. The maximum Gasteiger partial charge on any atom is 0.333 e. The molecule has 0 saturated heterocycles. The third-order valence-electron chi connectivity index (χ3n) is 17.1. The van der Waals surface area contributed by atoms with Gasteiger partial charge in [-0.3, -0.25) is 0 Å². The summed E-state index contributed by atoms with van der Waals surface area (Å²) in [5.74, 6) is 0. The molecule has 0 saturated carbocycles. The molecule has 3 aliphatic heterocycles. The molecule has 0 fully saturated rings. The van der Waals surface area contributed by atoms with Gasteiger partial charge in [0.05, 0.1) is 16.8 Å². The van der Waals surface area contributed by atoms with E-state index in [1.807, 2.05) is 0 Å². The molecule has 16 rings (SSSR count). The van der Waals surface area contributed by atoms with Crippen LogP contribution >= 0.6 is 0 Å². The van der Waals surface area contributed by atoms with E-state index >= 15 is 0 Å². The van der Waals surface area contributed by atoms with Crippen molar-refractivity contribution in [3.8, 4) is 22.3 Å². The average molecular weight is 873 g/mol. The van der Waals surface area contributed by atoms with Crippen LogP contribution < -0.4 is 20.6 Å². The van der Waals surface area contributed by atoms with Crippen LogP contribution in [0.2, 0.25) is 0 Å². The summed E-state index contributed by atoms with van der Waals surface area (Å²) < 4.78 is 14.1. The van der Waals surface area contributed by atoms with E-state index < -0.39 is 5.41 Å². The van der Waals surface area contributed by atoms with Gasteiger partial charge in [-0.05, 0) is 133 Å². The van der Waals surface area contributed by atoms with Crippen LogP contribution in [-0.2, 0) is 16.2 Å². The molecule has 5 heterocycles. The summed E-state index contributed by atoms with van der Waals surface area (Å²) >= 11 is 0. The lowest BCUT2D eigenvalue weighted by Crippen LogP contribution is -2.62. The third kappa shape index (κ3) is 4.32. The zero-order valence-corrected chi connectivity index (χ0v) is 38.4. The lowest BCUT2D eigenvalue weighted by Gasteiger charge is -2.51. The fraction of sp³-hybridized carbons (Fsp3) is 0.143. The number of benzene rings is 9. The van der Waals surface area contributed by atoms with Crippen LogP contribution in [0.1, 0.15) is 73.9 Å². The van der Waals surface area contributed by atoms with Crippen LogP contribution in [0.5, 0.6) is 0 Å². The van der Waals surface area contributed by atoms with E-state index in [-0.39, 0.29) is 17.7 Å². The van der Waals surface area contributed by atoms with Gasteiger partial charge in [-0.2, -0.15) is 0 Å². The molecule has 1 spiro atoms. The molecule has 11 aromatic rings. The van der Waals surface area contributed by atoms with Crippen LogP contribution in [0.3, 0.4) is 0 Å². The van der Waals surface area contributed by atoms with Gasteiger partial charge in [0.2, 0.25) is 0 Å². The second kappa shape index (κ2) is 12.4. The number of nitrogens with zero attached hydrogens (tertiary/aromatic N) is 2. The zero-order valence-electron chi connectivity index (χ0n) is 38.4. The van der Waals surface area contributed by atoms with Gasteiger partial charge in [-0.25, -0.2) is 0 Å². The number of hydrogen-bond acceptors (Lipinski definition) is 4. The fourth-order valence-electron chi connectivity index (χ4n) is 14.1. The van der Waals surface area contributed by atoms with Crippen LogP contribution in [0, 0.1) is 0 Å². The first-order chi connectivity index (χ1) is 33.2. The molecule has 5 aliphatic rings. The molecule has 0 bridgehead atoms. The Morgan fingerprint density at radius 3 is 1.88 bits per heavy atom. The van der Waals surface area contributed by atoms with Gasteiger partial charge in [0, 0.05) is 44.2 Å². The predicted octanol–water partition coefficient (Wildman–Crippen LogP) is 15.2. The third-order valence-corrected chi connectivity index (χ3v) is 17.1. The molecule has 4 nitrogen and oxygen atoms in total. The number of rotatable bonds is 1. The smallest absolute Gasteiger partial charge is 0.333 e. The number of fused-ring (bicyclic) bond motifs is 22. The van der Waals surface area contributed by atoms with E-state index in [9.17, 15) is 0 Å². The molecule has 0 N–H and O–H groups in total. The quantitative estimate of drug-likeness (QED) is 0.154. The fourth-order valence-corrected chi connectivity index (χ4v) is 14.1. The van der Waals surface area contributed by atoms with Crippen molar-refractivity contribution >= 4 is 90.1 Å². The van der Waals surface area contributed by atoms with Crippen molar-refractivity contribution in [2.45, 2.75) is 56.8 Å². The number of anilines is 5. The minimum Gasteiger partial charge on any atom is -0.456 e. The van der Waals surface area contributed by atoms with Gasteiger partial charge in [-0.1, -0.05) is 155 Å². The van der Waals surface area contributed by atoms with Crippen LogP contribution in [-0.4, -0.2) is 6.85 Å². The van der Waals surface area contributed by atoms with Gasteiger partial charge in [0.15, 0.2) is 5.58 Å². The first-order valence-corrected chi connectivity index (χ1v) is 24.3. The summed E-state index contributed by atoms with van der Waals surface area (Å²) in [4.78, 5) is 5.32. The van der Waals surface area contributed by atoms with E-state index in [1.54, 1.807) is 0 Å². The van der Waals surface area contributed by atoms with Crippen molar-refractivity contribution in [3.05, 3.63) is 209 Å². The summed E-state index contributed by atoms with van der Waals surface area (Å²) in [5, 5.41) is 4.50. The van der Waals surface area contributed by atoms with E-state index in [1.165, 1.54) is 95.7 Å². The minimum atomic E-state index is -0.561. The Labute approximate surface area is 395 Å². The Balaban J connectivity index is 1.11. The first-order valence-electron chi connectivity index (χ1n) is 24.3. The summed E-state index contributed by atoms with van der Waals surface area (Å²) in [6, 6.07) is 66.3. The van der Waals surface area contributed by atoms with E-state index in [4.69, 9.17) is 8.83 Å². The zero-order chi connectivity index (χ0) is 45.0. The van der Waals surface area contributed by atoms with Crippen molar-refractivity contribution < 1.29 is 8.83 Å². The second-order valence-electron chi connectivity index (χ2n) is 21.3. The lowest BCUT2D eigenvalue weighted by atomic mass is 9.42. The van der Waals surface area contributed by atoms with E-state index in [0.717, 1.165) is 56.0 Å². The van der Waals surface area contributed by atoms with Crippen LogP contribution in [0.4, 0.5) is 28.4 Å². The Morgan fingerprint density at radius 1 is 0.456 bits per heavy atom. The van der Waals surface area contributed by atoms with Crippen molar-refractivity contribution in [3.63, 3.8) is 0 Å². The molecule has 2 aromatic heterocycles. The Kier molecular flexibility index (Phi) is 6.82. The van der Waals surface area contributed by atoms with E-state index in [0.29, 0.717) is 0 Å². The summed E-state index contributed by atoms with van der Waals surface area (Å²) in [6.07, 6.45) is 2.31. The van der Waals surface area contributed by atoms with Gasteiger partial charge in [0.25, 0.3) is 0 Å². The Morgan fingerprint density at radius 2 is 1.10 bits per heavy atom. The molecule has 68 heavy (non-hydrogen) atoms. The number of hydrogen-bond donors (Lipinski definition) is 0. The molecule has 0 radical (unpaired) electrons. The molecule has 2 aliphatic carbocycles. The topological polar surface area (TPSA) is 32.8 Å². The largest absolute Gasteiger partial charge is 0.456 e. The summed E-state index contributed by atoms with van der Waals surface area (Å²) in [6.45, 7) is 9.54. The molecule has 322 valence electrons. The summed E-state index contributed by atoms with van der Waals surface area (Å²) in [5.41, 5.74) is 24.7. The highest BCUT2D eigenvalue weighted by Crippen LogP contribution is 2.65. The Hall–Kier alpha value is -7.76. The van der Waals surface area contributed by atoms with Crippen molar-refractivity contribution in [2.75, 3.05) is 9.71 Å². The van der Waals surface area contributed by atoms with Crippen LogP contribution in [0.15, 0.2) is 185 Å². The molecule has 5 heteroatoms. The number of furan rings is 2. The molecule has 0 atom stereocenters. The van der Waals surface area contributed by atoms with Crippen molar-refractivity contribution in [1.29, 1.82) is 0 Å². The summed E-state index contributed by atoms with van der Waals surface area (Å²) in [7, 11) is 0. The standard InChI is InChI=1S/C63H45BN2O2/c1-61(2)32-33-62(3,4)48-34-36(28-29-45(48)61)66-51-30-31-54-56(40-19-8-14-27-53(40)67-54)55(51)42-35-41-39-18-7-13-26-52(39)68-60(41)59-57(42)64(66)49-24-15-23-47-58(49)65(59)50-25-12-11-22-46(50)63(47)43-20-9-5-16-37(43)38-17-6-10-21-44(38)63/h5-31,34-35H,32-33H2,1-4H3. The second-order valence-corrected chi connectivity index (χ2v) is 21.3. The highest BCUT2D eigenvalue weighted by atomic mass is 16.3. The molecular formula is C63H45BN2O2. The average Bonchev–Trinajstić information content (AvgIpc) is 4.03. The SMILES string of the molecule is CC1(C)CCC(C)(C)c2cc(N3B4c5cccc6c5N(c5ccccc5C65c6ccccc6-c6ccccc65)c5c4c(cc4c5oc5ccccc54)-c4c3ccc3oc5ccccc5c43)ccc21. The van der Waals surface area contributed by atoms with Gasteiger partial charge in [0.1, 0.15) is 16.7 Å². The monoisotopic (exact) mass is 872 g/mol. The highest BCUT2D eigenvalue weighted by Gasteiger charge is 2.56. The van der Waals surface area contributed by atoms with Crippen molar-refractivity contribution in [2.24, 2.45) is 0 Å². The van der Waals surface area contributed by atoms with Gasteiger partial charge in [-0.15, -0.1) is 0 Å². The normalized spacial score (nSPS) is 17.0. The molecule has 9 aromatic carbocycles. The van der Waals surface area contributed by atoms with Gasteiger partial charge < -0.3 is 18.5 Å². The lowest BCUT2D eigenvalue weighted by molar-refractivity contribution is 0.332. The van der Waals surface area contributed by atoms with Crippen molar-refractivity contribution in [1.82, 2.24) is 0 Å². The minimum absolute atomic E-state index is 0.0162. The van der Waals surface area contributed by atoms with E-state index in [2.05, 4.69) is 213 Å². The van der Waals surface area contributed by atoms with Gasteiger partial charge >= 0.3 is 6.85 Å². The number of para-hydroxylation sites is 4. The molecular weight excluding hydrogens is 828 g/mol. The highest BCUT2D eigenvalue weighted by molar-refractivity contribution is 6.94. The first kappa shape index (κ1) is 37.3. The molecule has 0 amide bonds. The predicted molar refractivity (Wildman–Crippen MR) is 281 cm³/mol. The Bertz CT molecular complexity index is 4050. The maximum atomic E-state index is 7.30.